The Morgan fingerprint density at radius 1 is 1.23 bits per heavy atom. The number of rotatable bonds is 4. The van der Waals surface area contributed by atoms with Crippen molar-refractivity contribution >= 4 is 29.2 Å². The molecule has 3 unspecified atom stereocenters. The van der Waals surface area contributed by atoms with E-state index >= 15 is 0 Å². The molecular weight excluding hydrogens is 375 g/mol. The topological polar surface area (TPSA) is 64.4 Å². The van der Waals surface area contributed by atoms with Crippen LogP contribution < -0.4 is 5.32 Å². The number of nitrogens with one attached hydrogen (secondary N) is 1. The Balaban J connectivity index is 1.52. The first-order chi connectivity index (χ1) is 12.6. The second-order valence-corrected chi connectivity index (χ2v) is 8.24. The van der Waals surface area contributed by atoms with Crippen LogP contribution in [0.25, 0.3) is 11.3 Å². The number of piperidine rings is 1. The fourth-order valence-corrected chi connectivity index (χ4v) is 4.72. The average Bonchev–Trinajstić information content (AvgIpc) is 3.03. The zero-order valence-corrected chi connectivity index (χ0v) is 15.5. The monoisotopic (exact) mass is 392 g/mol. The summed E-state index contributed by atoms with van der Waals surface area (Å²) in [5.74, 6) is 0.834. The fourth-order valence-electron chi connectivity index (χ4n) is 4.15. The number of fused-ring (bicyclic) bond motifs is 2. The average molecular weight is 393 g/mol. The number of carbonyl (C=O) groups excluding carboxylic acids is 1. The quantitative estimate of drug-likeness (QED) is 0.779. The van der Waals surface area contributed by atoms with Gasteiger partial charge in [-0.15, -0.1) is 0 Å². The molecule has 2 heterocycles. The molecule has 5 rings (SSSR count). The number of hydrogen-bond donors (Lipinski definition) is 1. The van der Waals surface area contributed by atoms with E-state index < -0.39 is 0 Å². The van der Waals surface area contributed by atoms with Crippen molar-refractivity contribution in [2.24, 2.45) is 5.92 Å². The van der Waals surface area contributed by atoms with Gasteiger partial charge in [-0.2, -0.15) is 0 Å². The van der Waals surface area contributed by atoms with Crippen molar-refractivity contribution in [1.82, 2.24) is 10.5 Å². The molecule has 2 saturated carbocycles. The van der Waals surface area contributed by atoms with E-state index in [9.17, 15) is 4.79 Å². The molecule has 5 nitrogen and oxygen atoms in total. The van der Waals surface area contributed by atoms with Crippen LogP contribution in [-0.4, -0.2) is 29.8 Å². The van der Waals surface area contributed by atoms with Gasteiger partial charge in [-0.05, 0) is 31.4 Å². The van der Waals surface area contributed by atoms with Crippen LogP contribution in [0.15, 0.2) is 22.7 Å². The normalized spacial score (nSPS) is 27.1. The number of ether oxygens (including phenoxy) is 1. The van der Waals surface area contributed by atoms with E-state index in [1.807, 2.05) is 0 Å². The van der Waals surface area contributed by atoms with Gasteiger partial charge in [0, 0.05) is 36.4 Å². The SMILES string of the molecule is O=C(OC1CC2CC1CN2)c1c(-c2c(Cl)cccc2Cl)noc1C1CC1. The van der Waals surface area contributed by atoms with Gasteiger partial charge in [0.05, 0.1) is 10.0 Å². The van der Waals surface area contributed by atoms with Gasteiger partial charge in [-0.3, -0.25) is 0 Å². The van der Waals surface area contributed by atoms with Gasteiger partial charge in [0.25, 0.3) is 0 Å². The van der Waals surface area contributed by atoms with Crippen molar-refractivity contribution in [2.45, 2.75) is 43.7 Å². The van der Waals surface area contributed by atoms with E-state index in [1.165, 1.54) is 0 Å². The molecular formula is C19H18Cl2N2O3. The molecule has 1 saturated heterocycles. The Kier molecular flexibility index (Phi) is 3.99. The summed E-state index contributed by atoms with van der Waals surface area (Å²) in [6.07, 6.45) is 3.86. The van der Waals surface area contributed by atoms with Crippen molar-refractivity contribution in [3.05, 3.63) is 39.6 Å². The zero-order valence-electron chi connectivity index (χ0n) is 14.0. The number of halogens is 2. The Labute approximate surface area is 161 Å². The highest BCUT2D eigenvalue weighted by molar-refractivity contribution is 6.39. The summed E-state index contributed by atoms with van der Waals surface area (Å²) in [6, 6.07) is 5.67. The molecule has 0 radical (unpaired) electrons. The summed E-state index contributed by atoms with van der Waals surface area (Å²) in [6.45, 7) is 0.908. The molecule has 2 aromatic rings. The van der Waals surface area contributed by atoms with Crippen molar-refractivity contribution in [3.8, 4) is 11.3 Å². The number of hydrogen-bond acceptors (Lipinski definition) is 5. The number of nitrogens with zero attached hydrogens (tertiary/aromatic N) is 1. The minimum absolute atomic E-state index is 0.0507. The van der Waals surface area contributed by atoms with E-state index in [-0.39, 0.29) is 18.0 Å². The first-order valence-electron chi connectivity index (χ1n) is 9.00. The molecule has 0 amide bonds. The van der Waals surface area contributed by atoms with Crippen LogP contribution in [0.4, 0.5) is 0 Å². The number of esters is 1. The van der Waals surface area contributed by atoms with Crippen LogP contribution >= 0.6 is 23.2 Å². The van der Waals surface area contributed by atoms with Crippen LogP contribution in [0.3, 0.4) is 0 Å². The molecule has 1 aromatic heterocycles. The highest BCUT2D eigenvalue weighted by atomic mass is 35.5. The van der Waals surface area contributed by atoms with Gasteiger partial charge in [0.1, 0.15) is 17.4 Å². The Morgan fingerprint density at radius 2 is 2.00 bits per heavy atom. The standard InChI is InChI=1S/C19H18Cl2N2O3/c20-12-2-1-3-13(21)15(12)17-16(18(26-23-17)9-4-5-9)19(24)25-14-7-11-6-10(14)8-22-11/h1-3,9-11,14,22H,4-8H2. The molecule has 136 valence electrons. The molecule has 1 aromatic carbocycles. The minimum Gasteiger partial charge on any atom is -0.458 e. The molecule has 2 aliphatic carbocycles. The van der Waals surface area contributed by atoms with Crippen LogP contribution in [-0.2, 0) is 4.74 Å². The van der Waals surface area contributed by atoms with Crippen molar-refractivity contribution in [2.75, 3.05) is 6.54 Å². The highest BCUT2D eigenvalue weighted by Gasteiger charge is 2.43. The minimum atomic E-state index is -0.378. The Morgan fingerprint density at radius 3 is 2.62 bits per heavy atom. The molecule has 3 fully saturated rings. The van der Waals surface area contributed by atoms with Gasteiger partial charge in [-0.1, -0.05) is 34.4 Å². The third-order valence-electron chi connectivity index (χ3n) is 5.63. The highest BCUT2D eigenvalue weighted by Crippen LogP contribution is 2.46. The number of carbonyl (C=O) groups is 1. The largest absolute Gasteiger partial charge is 0.458 e. The second kappa shape index (κ2) is 6.25. The summed E-state index contributed by atoms with van der Waals surface area (Å²) < 4.78 is 11.4. The van der Waals surface area contributed by atoms with Crippen molar-refractivity contribution in [1.29, 1.82) is 0 Å². The molecule has 2 bridgehead atoms. The van der Waals surface area contributed by atoms with Crippen molar-refractivity contribution in [3.63, 3.8) is 0 Å². The lowest BCUT2D eigenvalue weighted by molar-refractivity contribution is 0.0177. The lowest BCUT2D eigenvalue weighted by atomic mass is 10.0. The molecule has 3 aliphatic rings. The molecule has 0 spiro atoms. The van der Waals surface area contributed by atoms with E-state index in [1.54, 1.807) is 18.2 Å². The molecule has 7 heteroatoms. The first kappa shape index (κ1) is 16.6. The fraction of sp³-hybridized carbons (Fsp3) is 0.474. The Hall–Kier alpha value is -1.56. The maximum absolute atomic E-state index is 13.1. The third-order valence-corrected chi connectivity index (χ3v) is 6.26. The molecule has 26 heavy (non-hydrogen) atoms. The van der Waals surface area contributed by atoms with Gasteiger partial charge >= 0.3 is 5.97 Å². The molecule has 3 atom stereocenters. The van der Waals surface area contributed by atoms with E-state index in [2.05, 4.69) is 10.5 Å². The first-order valence-corrected chi connectivity index (χ1v) is 9.75. The van der Waals surface area contributed by atoms with Gasteiger partial charge < -0.3 is 14.6 Å². The smallest absolute Gasteiger partial charge is 0.344 e. The zero-order chi connectivity index (χ0) is 17.8. The van der Waals surface area contributed by atoms with E-state index in [4.69, 9.17) is 32.5 Å². The predicted octanol–water partition coefficient (Wildman–Crippen LogP) is 4.43. The van der Waals surface area contributed by atoms with E-state index in [0.29, 0.717) is 44.6 Å². The van der Waals surface area contributed by atoms with Crippen LogP contribution in [0.2, 0.25) is 10.0 Å². The van der Waals surface area contributed by atoms with Crippen molar-refractivity contribution < 1.29 is 14.1 Å². The van der Waals surface area contributed by atoms with Crippen LogP contribution in [0.5, 0.6) is 0 Å². The second-order valence-electron chi connectivity index (χ2n) is 7.42. The summed E-state index contributed by atoms with van der Waals surface area (Å²) >= 11 is 12.7. The van der Waals surface area contributed by atoms with Gasteiger partial charge in [0.15, 0.2) is 5.76 Å². The van der Waals surface area contributed by atoms with Crippen LogP contribution in [0, 0.1) is 5.92 Å². The predicted molar refractivity (Wildman–Crippen MR) is 97.7 cm³/mol. The summed E-state index contributed by atoms with van der Waals surface area (Å²) in [5.41, 5.74) is 1.29. The maximum Gasteiger partial charge on any atom is 0.344 e. The summed E-state index contributed by atoms with van der Waals surface area (Å²) in [4.78, 5) is 13.1. The lowest BCUT2D eigenvalue weighted by Gasteiger charge is -2.22. The van der Waals surface area contributed by atoms with E-state index in [0.717, 1.165) is 32.2 Å². The Bertz CT molecular complexity index is 857. The lowest BCUT2D eigenvalue weighted by Crippen LogP contribution is -2.35. The molecule has 1 N–H and O–H groups in total. The van der Waals surface area contributed by atoms with Gasteiger partial charge in [-0.25, -0.2) is 4.79 Å². The number of benzene rings is 1. The maximum atomic E-state index is 13.1. The summed E-state index contributed by atoms with van der Waals surface area (Å²) in [7, 11) is 0. The van der Waals surface area contributed by atoms with Gasteiger partial charge in [0.2, 0.25) is 0 Å². The summed E-state index contributed by atoms with van der Waals surface area (Å²) in [5, 5.41) is 8.46. The van der Waals surface area contributed by atoms with Crippen LogP contribution in [0.1, 0.15) is 47.7 Å². The third kappa shape index (κ3) is 2.73. The molecule has 1 aliphatic heterocycles. The number of aromatic nitrogens is 1.